The van der Waals surface area contributed by atoms with Gasteiger partial charge in [-0.3, -0.25) is 9.48 Å². The lowest BCUT2D eigenvalue weighted by Crippen LogP contribution is -2.24. The molecule has 3 aromatic heterocycles. The van der Waals surface area contributed by atoms with Gasteiger partial charge in [-0.25, -0.2) is 14.4 Å². The van der Waals surface area contributed by atoms with E-state index >= 15 is 0 Å². The van der Waals surface area contributed by atoms with E-state index in [0.29, 0.717) is 35.6 Å². The number of pyridine rings is 1. The Morgan fingerprint density at radius 2 is 2.16 bits per heavy atom. The lowest BCUT2D eigenvalue weighted by molar-refractivity contribution is 0.0947. The molecule has 0 radical (unpaired) electrons. The second kappa shape index (κ2) is 8.16. The molecule has 1 saturated heterocycles. The zero-order chi connectivity index (χ0) is 22.2. The van der Waals surface area contributed by atoms with Gasteiger partial charge in [0.25, 0.3) is 5.91 Å². The summed E-state index contributed by atoms with van der Waals surface area (Å²) < 4.78 is 23.3. The Kier molecular flexibility index (Phi) is 5.18. The molecule has 32 heavy (non-hydrogen) atoms. The van der Waals surface area contributed by atoms with E-state index in [1.54, 1.807) is 30.2 Å². The first-order chi connectivity index (χ1) is 15.5. The monoisotopic (exact) mass is 434 g/mol. The molecule has 1 unspecified atom stereocenters. The quantitative estimate of drug-likeness (QED) is 0.522. The first kappa shape index (κ1) is 20.3. The van der Waals surface area contributed by atoms with E-state index in [1.165, 1.54) is 12.1 Å². The number of halogens is 1. The fourth-order valence-corrected chi connectivity index (χ4v) is 4.20. The number of hydrogen-bond donors (Lipinski definition) is 1. The summed E-state index contributed by atoms with van der Waals surface area (Å²) in [6.45, 7) is 1.52. The van der Waals surface area contributed by atoms with Gasteiger partial charge in [-0.2, -0.15) is 5.10 Å². The van der Waals surface area contributed by atoms with Gasteiger partial charge in [-0.05, 0) is 41.8 Å². The third-order valence-corrected chi connectivity index (χ3v) is 5.78. The minimum Gasteiger partial charge on any atom is -0.381 e. The van der Waals surface area contributed by atoms with Crippen LogP contribution in [0.3, 0.4) is 0 Å². The highest BCUT2D eigenvalue weighted by Crippen LogP contribution is 2.28. The Labute approximate surface area is 184 Å². The Bertz CT molecular complexity index is 1310. The SMILES string of the molecule is Cn1cc(-c2cc(F)cc(CNC(=O)c3nccc4nc(C5CCOC5)n(C)c34)c2)cn1. The molecule has 9 heteroatoms. The van der Waals surface area contributed by atoms with Gasteiger partial charge in [0, 0.05) is 51.1 Å². The number of amides is 1. The summed E-state index contributed by atoms with van der Waals surface area (Å²) in [4.78, 5) is 22.0. The van der Waals surface area contributed by atoms with E-state index in [4.69, 9.17) is 9.72 Å². The predicted octanol–water partition coefficient (Wildman–Crippen LogP) is 2.94. The molecule has 0 saturated carbocycles. The van der Waals surface area contributed by atoms with Crippen molar-refractivity contribution >= 4 is 16.9 Å². The number of rotatable bonds is 5. The van der Waals surface area contributed by atoms with Crippen LogP contribution in [0, 0.1) is 5.82 Å². The average Bonchev–Trinajstić information content (AvgIpc) is 3.52. The van der Waals surface area contributed by atoms with Crippen LogP contribution in [0.1, 0.15) is 34.2 Å². The van der Waals surface area contributed by atoms with Crippen molar-refractivity contribution in [3.05, 3.63) is 65.8 Å². The molecule has 1 aliphatic heterocycles. The van der Waals surface area contributed by atoms with Gasteiger partial charge in [-0.15, -0.1) is 0 Å². The summed E-state index contributed by atoms with van der Waals surface area (Å²) in [6.07, 6.45) is 5.99. The van der Waals surface area contributed by atoms with Crippen molar-refractivity contribution in [3.63, 3.8) is 0 Å². The van der Waals surface area contributed by atoms with E-state index in [1.807, 2.05) is 23.9 Å². The van der Waals surface area contributed by atoms with Gasteiger partial charge in [0.1, 0.15) is 11.6 Å². The molecule has 1 aromatic carbocycles. The van der Waals surface area contributed by atoms with E-state index < -0.39 is 0 Å². The van der Waals surface area contributed by atoms with Crippen molar-refractivity contribution in [2.45, 2.75) is 18.9 Å². The van der Waals surface area contributed by atoms with Crippen LogP contribution in [0.2, 0.25) is 0 Å². The minimum absolute atomic E-state index is 0.170. The van der Waals surface area contributed by atoms with E-state index in [2.05, 4.69) is 15.4 Å². The minimum atomic E-state index is -0.370. The number of hydrogen-bond acceptors (Lipinski definition) is 5. The molecule has 1 N–H and O–H groups in total. The molecular weight excluding hydrogens is 411 g/mol. The van der Waals surface area contributed by atoms with Crippen LogP contribution in [0.15, 0.2) is 42.9 Å². The Balaban J connectivity index is 1.39. The van der Waals surface area contributed by atoms with Crippen LogP contribution in [0.25, 0.3) is 22.2 Å². The summed E-state index contributed by atoms with van der Waals surface area (Å²) in [5.74, 6) is 0.401. The second-order valence-electron chi connectivity index (χ2n) is 8.05. The smallest absolute Gasteiger partial charge is 0.272 e. The molecule has 4 aromatic rings. The summed E-state index contributed by atoms with van der Waals surface area (Å²) in [6, 6.07) is 6.51. The molecule has 0 bridgehead atoms. The topological polar surface area (TPSA) is 86.9 Å². The fourth-order valence-electron chi connectivity index (χ4n) is 4.20. The van der Waals surface area contributed by atoms with Crippen LogP contribution >= 0.6 is 0 Å². The molecule has 164 valence electrons. The van der Waals surface area contributed by atoms with Crippen molar-refractivity contribution < 1.29 is 13.9 Å². The number of fused-ring (bicyclic) bond motifs is 1. The number of aryl methyl sites for hydroxylation is 2. The van der Waals surface area contributed by atoms with Crippen LogP contribution in [0.4, 0.5) is 4.39 Å². The first-order valence-electron chi connectivity index (χ1n) is 10.5. The normalized spacial score (nSPS) is 16.0. The molecule has 0 spiro atoms. The molecule has 0 aliphatic carbocycles. The maximum Gasteiger partial charge on any atom is 0.272 e. The maximum atomic E-state index is 14.2. The van der Waals surface area contributed by atoms with Gasteiger partial charge in [0.15, 0.2) is 5.69 Å². The Hall–Kier alpha value is -3.59. The van der Waals surface area contributed by atoms with Crippen molar-refractivity contribution in [2.24, 2.45) is 14.1 Å². The number of ether oxygens (including phenoxy) is 1. The molecule has 1 aliphatic rings. The average molecular weight is 434 g/mol. The van der Waals surface area contributed by atoms with Gasteiger partial charge >= 0.3 is 0 Å². The number of imidazole rings is 1. The third kappa shape index (κ3) is 3.75. The van der Waals surface area contributed by atoms with Gasteiger partial charge < -0.3 is 14.6 Å². The Morgan fingerprint density at radius 1 is 1.28 bits per heavy atom. The molecule has 8 nitrogen and oxygen atoms in total. The highest BCUT2D eigenvalue weighted by atomic mass is 19.1. The van der Waals surface area contributed by atoms with Crippen molar-refractivity contribution in [1.82, 2.24) is 29.6 Å². The van der Waals surface area contributed by atoms with Crippen LogP contribution < -0.4 is 5.32 Å². The summed E-state index contributed by atoms with van der Waals surface area (Å²) in [5, 5.41) is 7.00. The lowest BCUT2D eigenvalue weighted by Gasteiger charge is -2.10. The molecule has 5 rings (SSSR count). The second-order valence-corrected chi connectivity index (χ2v) is 8.05. The van der Waals surface area contributed by atoms with Crippen molar-refractivity contribution in [3.8, 4) is 11.1 Å². The molecule has 1 amide bonds. The molecular formula is C23H23FN6O2. The standard InChI is InChI=1S/C23H23FN6O2/c1-29-12-17(11-27-29)16-7-14(8-18(24)9-16)10-26-23(31)20-21-19(3-5-25-20)28-22(30(21)2)15-4-6-32-13-15/h3,5,7-9,11-12,15H,4,6,10,13H2,1-2H3,(H,26,31). The number of benzene rings is 1. The summed E-state index contributed by atoms with van der Waals surface area (Å²) >= 11 is 0. The number of aromatic nitrogens is 5. The number of nitrogens with zero attached hydrogens (tertiary/aromatic N) is 5. The van der Waals surface area contributed by atoms with E-state index in [-0.39, 0.29) is 24.2 Å². The number of carbonyl (C=O) groups excluding carboxylic acids is 1. The highest BCUT2D eigenvalue weighted by molar-refractivity contribution is 6.03. The molecule has 1 atom stereocenters. The van der Waals surface area contributed by atoms with Crippen molar-refractivity contribution in [2.75, 3.05) is 13.2 Å². The third-order valence-electron chi connectivity index (χ3n) is 5.78. The number of nitrogens with one attached hydrogen (secondary N) is 1. The van der Waals surface area contributed by atoms with Gasteiger partial charge in [-0.1, -0.05) is 0 Å². The predicted molar refractivity (Wildman–Crippen MR) is 116 cm³/mol. The summed E-state index contributed by atoms with van der Waals surface area (Å²) in [5.41, 5.74) is 3.87. The molecule has 1 fully saturated rings. The molecule has 4 heterocycles. The first-order valence-corrected chi connectivity index (χ1v) is 10.5. The Morgan fingerprint density at radius 3 is 2.91 bits per heavy atom. The van der Waals surface area contributed by atoms with Gasteiger partial charge in [0.2, 0.25) is 0 Å². The maximum absolute atomic E-state index is 14.2. The summed E-state index contributed by atoms with van der Waals surface area (Å²) in [7, 11) is 3.70. The zero-order valence-corrected chi connectivity index (χ0v) is 17.9. The van der Waals surface area contributed by atoms with Crippen LogP contribution in [-0.4, -0.2) is 43.4 Å². The van der Waals surface area contributed by atoms with Gasteiger partial charge in [0.05, 0.1) is 23.8 Å². The largest absolute Gasteiger partial charge is 0.381 e. The van der Waals surface area contributed by atoms with E-state index in [9.17, 15) is 9.18 Å². The number of carbonyl (C=O) groups is 1. The van der Waals surface area contributed by atoms with Crippen LogP contribution in [0.5, 0.6) is 0 Å². The van der Waals surface area contributed by atoms with E-state index in [0.717, 1.165) is 23.3 Å². The van der Waals surface area contributed by atoms with Crippen LogP contribution in [-0.2, 0) is 25.4 Å². The van der Waals surface area contributed by atoms with Crippen molar-refractivity contribution in [1.29, 1.82) is 0 Å². The zero-order valence-electron chi connectivity index (χ0n) is 17.9. The fraction of sp³-hybridized carbons (Fsp3) is 0.304. The highest BCUT2D eigenvalue weighted by Gasteiger charge is 2.25. The lowest BCUT2D eigenvalue weighted by atomic mass is 10.1.